The van der Waals surface area contributed by atoms with Gasteiger partial charge in [0.2, 0.25) is 0 Å². The zero-order chi connectivity index (χ0) is 13.9. The Kier molecular flexibility index (Phi) is 3.54. The van der Waals surface area contributed by atoms with Crippen LogP contribution in [-0.4, -0.2) is 22.3 Å². The Balaban J connectivity index is 2.15. The van der Waals surface area contributed by atoms with Crippen LogP contribution in [0.15, 0.2) is 66.9 Å². The van der Waals surface area contributed by atoms with Crippen molar-refractivity contribution in [3.8, 4) is 0 Å². The first-order valence-corrected chi connectivity index (χ1v) is 6.80. The number of nitrogens with zero attached hydrogens (tertiary/aromatic N) is 1. The third kappa shape index (κ3) is 2.22. The number of aliphatic hydroxyl groups excluding tert-OH is 1. The van der Waals surface area contributed by atoms with Gasteiger partial charge in [0.15, 0.2) is 0 Å². The third-order valence-corrected chi connectivity index (χ3v) is 3.68. The van der Waals surface area contributed by atoms with E-state index in [9.17, 15) is 5.11 Å². The summed E-state index contributed by atoms with van der Waals surface area (Å²) in [5.74, 6) is 0. The summed E-state index contributed by atoms with van der Waals surface area (Å²) >= 11 is 0. The fourth-order valence-corrected chi connectivity index (χ4v) is 2.69. The van der Waals surface area contributed by atoms with Crippen molar-refractivity contribution in [3.05, 3.63) is 72.4 Å². The normalized spacial score (nSPS) is 14.3. The third-order valence-electron chi connectivity index (χ3n) is 3.68. The smallest absolute Gasteiger partial charge is 0.0910 e. The number of para-hydroxylation sites is 1. The molecule has 0 saturated heterocycles. The van der Waals surface area contributed by atoms with Gasteiger partial charge in [-0.05, 0) is 23.1 Å². The molecule has 1 aromatic heterocycles. The van der Waals surface area contributed by atoms with Gasteiger partial charge in [0.1, 0.15) is 0 Å². The molecule has 3 rings (SSSR count). The average Bonchev–Trinajstić information content (AvgIpc) is 2.92. The number of aliphatic hydroxyl groups is 1. The molecule has 3 nitrogen and oxygen atoms in total. The molecule has 0 aliphatic rings. The molecule has 2 atom stereocenters. The van der Waals surface area contributed by atoms with Crippen LogP contribution in [0.5, 0.6) is 0 Å². The van der Waals surface area contributed by atoms with Crippen LogP contribution < -0.4 is 5.73 Å². The minimum absolute atomic E-state index is 0.166. The first-order valence-electron chi connectivity index (χ1n) is 6.80. The molecule has 0 spiro atoms. The minimum atomic E-state index is -0.617. The van der Waals surface area contributed by atoms with E-state index < -0.39 is 6.10 Å². The van der Waals surface area contributed by atoms with Gasteiger partial charge >= 0.3 is 0 Å². The highest BCUT2D eigenvalue weighted by Crippen LogP contribution is 2.27. The van der Waals surface area contributed by atoms with E-state index in [2.05, 4.69) is 22.8 Å². The van der Waals surface area contributed by atoms with Crippen molar-refractivity contribution < 1.29 is 5.11 Å². The Labute approximate surface area is 118 Å². The Morgan fingerprint density at radius 3 is 2.40 bits per heavy atom. The van der Waals surface area contributed by atoms with Crippen LogP contribution in [0.2, 0.25) is 0 Å². The molecule has 0 amide bonds. The standard InChI is InChI=1S/C17H18N2O/c18-12-16(20)17(14-7-2-1-3-8-14)19-11-10-13-6-4-5-9-15(13)19/h1-11,16-17,20H,12,18H2/t16-,17-/m0/s1. The first kappa shape index (κ1) is 12.9. The predicted molar refractivity (Wildman–Crippen MR) is 81.6 cm³/mol. The summed E-state index contributed by atoms with van der Waals surface area (Å²) in [6.07, 6.45) is 1.40. The van der Waals surface area contributed by atoms with E-state index in [0.29, 0.717) is 0 Å². The molecule has 0 radical (unpaired) electrons. The maximum Gasteiger partial charge on any atom is 0.0910 e. The number of aromatic nitrogens is 1. The number of hydrogen-bond acceptors (Lipinski definition) is 2. The molecule has 3 N–H and O–H groups in total. The number of benzene rings is 2. The number of rotatable bonds is 4. The summed E-state index contributed by atoms with van der Waals surface area (Å²) in [5, 5.41) is 11.5. The molecule has 1 heterocycles. The number of nitrogens with two attached hydrogens (primary N) is 1. The van der Waals surface area contributed by atoms with E-state index >= 15 is 0 Å². The summed E-state index contributed by atoms with van der Waals surface area (Å²) < 4.78 is 2.10. The SMILES string of the molecule is NC[C@H](O)[C@H](c1ccccc1)n1ccc2ccccc21. The highest BCUT2D eigenvalue weighted by Gasteiger charge is 2.22. The summed E-state index contributed by atoms with van der Waals surface area (Å²) in [4.78, 5) is 0. The fraction of sp³-hybridized carbons (Fsp3) is 0.176. The lowest BCUT2D eigenvalue weighted by Gasteiger charge is -2.25. The molecule has 2 aromatic carbocycles. The first-order chi connectivity index (χ1) is 9.81. The minimum Gasteiger partial charge on any atom is -0.389 e. The van der Waals surface area contributed by atoms with Gasteiger partial charge in [0, 0.05) is 18.3 Å². The highest BCUT2D eigenvalue weighted by atomic mass is 16.3. The molecule has 0 bridgehead atoms. The van der Waals surface area contributed by atoms with Crippen molar-refractivity contribution in [1.29, 1.82) is 0 Å². The van der Waals surface area contributed by atoms with Crippen LogP contribution >= 0.6 is 0 Å². The van der Waals surface area contributed by atoms with Gasteiger partial charge in [-0.1, -0.05) is 48.5 Å². The van der Waals surface area contributed by atoms with Gasteiger partial charge in [-0.15, -0.1) is 0 Å². The summed E-state index contributed by atoms with van der Waals surface area (Å²) in [6, 6.07) is 20.1. The Hall–Kier alpha value is -2.10. The highest BCUT2D eigenvalue weighted by molar-refractivity contribution is 5.80. The van der Waals surface area contributed by atoms with Gasteiger partial charge in [-0.25, -0.2) is 0 Å². The lowest BCUT2D eigenvalue weighted by molar-refractivity contribution is 0.140. The molecule has 0 unspecified atom stereocenters. The van der Waals surface area contributed by atoms with E-state index in [1.807, 2.05) is 48.7 Å². The summed E-state index contributed by atoms with van der Waals surface area (Å²) in [7, 11) is 0. The van der Waals surface area contributed by atoms with Crippen molar-refractivity contribution in [2.45, 2.75) is 12.1 Å². The maximum absolute atomic E-state index is 10.4. The van der Waals surface area contributed by atoms with Gasteiger partial charge in [0.05, 0.1) is 12.1 Å². The summed E-state index contributed by atoms with van der Waals surface area (Å²) in [6.45, 7) is 0.228. The van der Waals surface area contributed by atoms with Gasteiger partial charge in [0.25, 0.3) is 0 Å². The van der Waals surface area contributed by atoms with Crippen LogP contribution in [0.1, 0.15) is 11.6 Å². The topological polar surface area (TPSA) is 51.2 Å². The van der Waals surface area contributed by atoms with Crippen LogP contribution in [0, 0.1) is 0 Å². The van der Waals surface area contributed by atoms with Gasteiger partial charge < -0.3 is 15.4 Å². The molecule has 3 aromatic rings. The second kappa shape index (κ2) is 5.49. The Bertz CT molecular complexity index is 690. The molecule has 0 fully saturated rings. The largest absolute Gasteiger partial charge is 0.389 e. The fourth-order valence-electron chi connectivity index (χ4n) is 2.69. The van der Waals surface area contributed by atoms with Gasteiger partial charge in [-0.2, -0.15) is 0 Å². The molecule has 0 saturated carbocycles. The van der Waals surface area contributed by atoms with E-state index in [4.69, 9.17) is 5.73 Å². The lowest BCUT2D eigenvalue weighted by atomic mass is 10.0. The molecular weight excluding hydrogens is 248 g/mol. The van der Waals surface area contributed by atoms with Crippen molar-refractivity contribution in [1.82, 2.24) is 4.57 Å². The number of fused-ring (bicyclic) bond motifs is 1. The van der Waals surface area contributed by atoms with Crippen LogP contribution in [0.3, 0.4) is 0 Å². The molecule has 0 aliphatic heterocycles. The van der Waals surface area contributed by atoms with E-state index in [1.54, 1.807) is 0 Å². The molecule has 102 valence electrons. The van der Waals surface area contributed by atoms with E-state index in [-0.39, 0.29) is 12.6 Å². The Morgan fingerprint density at radius 1 is 0.950 bits per heavy atom. The number of hydrogen-bond donors (Lipinski definition) is 2. The van der Waals surface area contributed by atoms with Crippen LogP contribution in [0.4, 0.5) is 0 Å². The van der Waals surface area contributed by atoms with Crippen LogP contribution in [0.25, 0.3) is 10.9 Å². The molecular formula is C17H18N2O. The molecule has 3 heteroatoms. The second-order valence-electron chi connectivity index (χ2n) is 4.94. The van der Waals surface area contributed by atoms with Crippen molar-refractivity contribution in [2.75, 3.05) is 6.54 Å². The summed E-state index contributed by atoms with van der Waals surface area (Å²) in [5.41, 5.74) is 7.86. The molecule has 0 aliphatic carbocycles. The van der Waals surface area contributed by atoms with Crippen molar-refractivity contribution >= 4 is 10.9 Å². The van der Waals surface area contributed by atoms with Crippen molar-refractivity contribution in [2.24, 2.45) is 5.73 Å². The van der Waals surface area contributed by atoms with E-state index in [0.717, 1.165) is 16.5 Å². The second-order valence-corrected chi connectivity index (χ2v) is 4.94. The maximum atomic E-state index is 10.4. The zero-order valence-electron chi connectivity index (χ0n) is 11.2. The van der Waals surface area contributed by atoms with E-state index in [1.165, 1.54) is 0 Å². The lowest BCUT2D eigenvalue weighted by Crippen LogP contribution is -2.31. The van der Waals surface area contributed by atoms with Gasteiger partial charge in [-0.3, -0.25) is 0 Å². The van der Waals surface area contributed by atoms with Crippen LogP contribution in [-0.2, 0) is 0 Å². The average molecular weight is 266 g/mol. The molecule has 20 heavy (non-hydrogen) atoms. The monoisotopic (exact) mass is 266 g/mol. The quantitative estimate of drug-likeness (QED) is 0.762. The predicted octanol–water partition coefficient (Wildman–Crippen LogP) is 2.55. The zero-order valence-corrected chi connectivity index (χ0v) is 11.2. The van der Waals surface area contributed by atoms with Crippen molar-refractivity contribution in [3.63, 3.8) is 0 Å². The Morgan fingerprint density at radius 2 is 1.65 bits per heavy atom.